The van der Waals surface area contributed by atoms with Crippen molar-refractivity contribution in [2.24, 2.45) is 0 Å². The van der Waals surface area contributed by atoms with Crippen molar-refractivity contribution in [3.8, 4) is 5.75 Å². The topological polar surface area (TPSA) is 66.8 Å². The first-order valence-electron chi connectivity index (χ1n) is 5.34. The Morgan fingerprint density at radius 1 is 1.39 bits per heavy atom. The first kappa shape index (κ1) is 14.3. The van der Waals surface area contributed by atoms with Gasteiger partial charge < -0.3 is 14.7 Å². The van der Waals surface area contributed by atoms with E-state index >= 15 is 0 Å². The van der Waals surface area contributed by atoms with Crippen molar-refractivity contribution in [2.75, 3.05) is 20.2 Å². The molecule has 18 heavy (non-hydrogen) atoms. The lowest BCUT2D eigenvalue weighted by molar-refractivity contribution is -0.138. The molecule has 0 atom stereocenters. The van der Waals surface area contributed by atoms with Gasteiger partial charge in [0.2, 0.25) is 0 Å². The third-order valence-electron chi connectivity index (χ3n) is 2.27. The van der Waals surface area contributed by atoms with Crippen molar-refractivity contribution >= 4 is 23.5 Å². The molecule has 1 aromatic carbocycles. The number of halogens is 1. The quantitative estimate of drug-likeness (QED) is 0.854. The summed E-state index contributed by atoms with van der Waals surface area (Å²) in [5.74, 6) is -0.808. The maximum Gasteiger partial charge on any atom is 0.305 e. The number of likely N-dealkylation sites (N-methyl/N-ethyl adjacent to an activating group) is 1. The highest BCUT2D eigenvalue weighted by atomic mass is 35.5. The van der Waals surface area contributed by atoms with Gasteiger partial charge in [-0.25, -0.2) is 0 Å². The number of nitrogens with zero attached hydrogens (tertiary/aromatic N) is 1. The Morgan fingerprint density at radius 3 is 2.67 bits per heavy atom. The standard InChI is InChI=1S/C12H14ClNO4/c1-14(7-6-12(16)17)11(15)8-18-10-5-3-2-4-9(10)13/h2-5H,6-8H2,1H3,(H,16,17). The number of aliphatic carboxylic acids is 1. The van der Waals surface area contributed by atoms with E-state index in [1.54, 1.807) is 24.3 Å². The Kier molecular flexibility index (Phi) is 5.45. The molecule has 1 N–H and O–H groups in total. The van der Waals surface area contributed by atoms with Crippen molar-refractivity contribution < 1.29 is 19.4 Å². The van der Waals surface area contributed by atoms with Gasteiger partial charge in [0.25, 0.3) is 5.91 Å². The smallest absolute Gasteiger partial charge is 0.305 e. The van der Waals surface area contributed by atoms with Crippen LogP contribution in [0.3, 0.4) is 0 Å². The second-order valence-electron chi connectivity index (χ2n) is 3.68. The summed E-state index contributed by atoms with van der Waals surface area (Å²) < 4.78 is 5.26. The number of carbonyl (C=O) groups excluding carboxylic acids is 1. The molecule has 0 radical (unpaired) electrons. The summed E-state index contributed by atoms with van der Waals surface area (Å²) in [5.41, 5.74) is 0. The maximum atomic E-state index is 11.6. The average Bonchev–Trinajstić information content (AvgIpc) is 2.34. The zero-order valence-electron chi connectivity index (χ0n) is 9.93. The van der Waals surface area contributed by atoms with E-state index in [4.69, 9.17) is 21.4 Å². The number of hydrogen-bond acceptors (Lipinski definition) is 3. The Balaban J connectivity index is 2.41. The summed E-state index contributed by atoms with van der Waals surface area (Å²) in [6, 6.07) is 6.83. The maximum absolute atomic E-state index is 11.6. The van der Waals surface area contributed by atoms with E-state index in [0.717, 1.165) is 0 Å². The Hall–Kier alpha value is -1.75. The lowest BCUT2D eigenvalue weighted by Crippen LogP contribution is -2.33. The van der Waals surface area contributed by atoms with E-state index in [9.17, 15) is 9.59 Å². The first-order valence-corrected chi connectivity index (χ1v) is 5.71. The molecule has 0 aliphatic heterocycles. The fourth-order valence-corrected chi connectivity index (χ4v) is 1.39. The zero-order chi connectivity index (χ0) is 13.5. The molecule has 0 saturated heterocycles. The van der Waals surface area contributed by atoms with Crippen LogP contribution >= 0.6 is 11.6 Å². The van der Waals surface area contributed by atoms with Crippen LogP contribution in [-0.2, 0) is 9.59 Å². The van der Waals surface area contributed by atoms with Gasteiger partial charge in [-0.3, -0.25) is 9.59 Å². The van der Waals surface area contributed by atoms with E-state index in [1.165, 1.54) is 11.9 Å². The van der Waals surface area contributed by atoms with Crippen molar-refractivity contribution in [2.45, 2.75) is 6.42 Å². The number of rotatable bonds is 6. The molecule has 6 heteroatoms. The molecule has 0 spiro atoms. The van der Waals surface area contributed by atoms with Crippen LogP contribution in [0.1, 0.15) is 6.42 Å². The van der Waals surface area contributed by atoms with Gasteiger partial charge in [0.1, 0.15) is 5.75 Å². The highest BCUT2D eigenvalue weighted by molar-refractivity contribution is 6.32. The number of carboxylic acids is 1. The minimum Gasteiger partial charge on any atom is -0.482 e. The average molecular weight is 272 g/mol. The molecule has 0 heterocycles. The van der Waals surface area contributed by atoms with Gasteiger partial charge in [-0.15, -0.1) is 0 Å². The summed E-state index contributed by atoms with van der Waals surface area (Å²) in [4.78, 5) is 23.3. The van der Waals surface area contributed by atoms with Gasteiger partial charge in [-0.1, -0.05) is 23.7 Å². The predicted octanol–water partition coefficient (Wildman–Crippen LogP) is 1.65. The third-order valence-corrected chi connectivity index (χ3v) is 2.59. The monoisotopic (exact) mass is 271 g/mol. The van der Waals surface area contributed by atoms with Gasteiger partial charge in [-0.2, -0.15) is 0 Å². The summed E-state index contributed by atoms with van der Waals surface area (Å²) in [6.07, 6.45) is -0.0890. The molecule has 1 aromatic rings. The minimum atomic E-state index is -0.943. The highest BCUT2D eigenvalue weighted by Crippen LogP contribution is 2.22. The summed E-state index contributed by atoms with van der Waals surface area (Å²) in [5, 5.41) is 8.93. The number of hydrogen-bond donors (Lipinski definition) is 1. The largest absolute Gasteiger partial charge is 0.482 e. The van der Waals surface area contributed by atoms with Gasteiger partial charge >= 0.3 is 5.97 Å². The lowest BCUT2D eigenvalue weighted by Gasteiger charge is -2.16. The number of carbonyl (C=O) groups is 2. The number of para-hydroxylation sites is 1. The zero-order valence-corrected chi connectivity index (χ0v) is 10.7. The molecule has 0 bridgehead atoms. The fraction of sp³-hybridized carbons (Fsp3) is 0.333. The van der Waals surface area contributed by atoms with E-state index in [1.807, 2.05) is 0 Å². The molecule has 0 saturated carbocycles. The van der Waals surface area contributed by atoms with Crippen LogP contribution in [0.2, 0.25) is 5.02 Å². The third kappa shape index (κ3) is 4.63. The second-order valence-corrected chi connectivity index (χ2v) is 4.09. The Morgan fingerprint density at radius 2 is 2.06 bits per heavy atom. The number of carboxylic acid groups (broad SMARTS) is 1. The minimum absolute atomic E-state index is 0.0890. The molecule has 0 fully saturated rings. The molecular formula is C12H14ClNO4. The molecular weight excluding hydrogens is 258 g/mol. The van der Waals surface area contributed by atoms with Gasteiger partial charge in [0.15, 0.2) is 6.61 Å². The number of benzene rings is 1. The van der Waals surface area contributed by atoms with Crippen molar-refractivity contribution in [3.63, 3.8) is 0 Å². The summed E-state index contributed by atoms with van der Waals surface area (Å²) >= 11 is 5.86. The van der Waals surface area contributed by atoms with Crippen molar-refractivity contribution in [1.82, 2.24) is 4.90 Å². The van der Waals surface area contributed by atoms with Gasteiger partial charge in [-0.05, 0) is 12.1 Å². The van der Waals surface area contributed by atoms with Crippen LogP contribution in [0.25, 0.3) is 0 Å². The van der Waals surface area contributed by atoms with Crippen LogP contribution in [0.15, 0.2) is 24.3 Å². The lowest BCUT2D eigenvalue weighted by atomic mass is 10.3. The van der Waals surface area contributed by atoms with E-state index in [0.29, 0.717) is 10.8 Å². The van der Waals surface area contributed by atoms with Crippen LogP contribution < -0.4 is 4.74 Å². The van der Waals surface area contributed by atoms with Crippen LogP contribution in [0, 0.1) is 0 Å². The van der Waals surface area contributed by atoms with Crippen LogP contribution in [-0.4, -0.2) is 42.1 Å². The summed E-state index contributed by atoms with van der Waals surface area (Å²) in [7, 11) is 1.53. The van der Waals surface area contributed by atoms with E-state index < -0.39 is 5.97 Å². The number of ether oxygens (including phenoxy) is 1. The van der Waals surface area contributed by atoms with Crippen molar-refractivity contribution in [3.05, 3.63) is 29.3 Å². The molecule has 98 valence electrons. The van der Waals surface area contributed by atoms with Crippen molar-refractivity contribution in [1.29, 1.82) is 0 Å². The Labute approximate surface area is 110 Å². The molecule has 1 rings (SSSR count). The molecule has 1 amide bonds. The second kappa shape index (κ2) is 6.86. The van der Waals surface area contributed by atoms with Crippen LogP contribution in [0.5, 0.6) is 5.75 Å². The normalized spacial score (nSPS) is 9.89. The fourth-order valence-electron chi connectivity index (χ4n) is 1.20. The SMILES string of the molecule is CN(CCC(=O)O)C(=O)COc1ccccc1Cl. The molecule has 0 aliphatic rings. The molecule has 5 nitrogen and oxygen atoms in total. The van der Waals surface area contributed by atoms with E-state index in [-0.39, 0.29) is 25.5 Å². The van der Waals surface area contributed by atoms with Crippen LogP contribution in [0.4, 0.5) is 0 Å². The van der Waals surface area contributed by atoms with Gasteiger partial charge in [0, 0.05) is 13.6 Å². The highest BCUT2D eigenvalue weighted by Gasteiger charge is 2.11. The molecule has 0 unspecified atom stereocenters. The van der Waals surface area contributed by atoms with E-state index in [2.05, 4.69) is 0 Å². The predicted molar refractivity (Wildman–Crippen MR) is 66.8 cm³/mol. The van der Waals surface area contributed by atoms with Gasteiger partial charge in [0.05, 0.1) is 11.4 Å². The Bertz CT molecular complexity index is 436. The molecule has 0 aliphatic carbocycles. The summed E-state index contributed by atoms with van der Waals surface area (Å²) in [6.45, 7) is -0.0140. The number of amides is 1. The first-order chi connectivity index (χ1) is 8.50. The molecule has 0 aromatic heterocycles.